The Morgan fingerprint density at radius 1 is 1.14 bits per heavy atom. The molecule has 2 aliphatic rings. The molecule has 0 saturated carbocycles. The van der Waals surface area contributed by atoms with Crippen molar-refractivity contribution in [2.75, 3.05) is 25.1 Å². The molecular formula is C24H30N2O3. The van der Waals surface area contributed by atoms with E-state index >= 15 is 0 Å². The third kappa shape index (κ3) is 4.56. The van der Waals surface area contributed by atoms with Gasteiger partial charge >= 0.3 is 0 Å². The van der Waals surface area contributed by atoms with Crippen LogP contribution < -0.4 is 10.1 Å². The van der Waals surface area contributed by atoms with Crippen LogP contribution >= 0.6 is 0 Å². The second kappa shape index (κ2) is 9.31. The molecule has 2 aromatic carbocycles. The first-order chi connectivity index (χ1) is 14.3. The van der Waals surface area contributed by atoms with E-state index < -0.39 is 0 Å². The molecule has 1 saturated heterocycles. The lowest BCUT2D eigenvalue weighted by Gasteiger charge is -2.39. The highest BCUT2D eigenvalue weighted by Crippen LogP contribution is 2.34. The molecule has 2 atom stereocenters. The van der Waals surface area contributed by atoms with Gasteiger partial charge < -0.3 is 19.7 Å². The van der Waals surface area contributed by atoms with Gasteiger partial charge in [0.2, 0.25) is 0 Å². The van der Waals surface area contributed by atoms with Crippen LogP contribution in [0, 0.1) is 0 Å². The van der Waals surface area contributed by atoms with Gasteiger partial charge in [-0.3, -0.25) is 4.79 Å². The summed E-state index contributed by atoms with van der Waals surface area (Å²) in [6, 6.07) is 15.8. The lowest BCUT2D eigenvalue weighted by Crippen LogP contribution is -2.46. The molecule has 0 bridgehead atoms. The molecule has 0 radical (unpaired) electrons. The number of benzene rings is 2. The van der Waals surface area contributed by atoms with E-state index in [2.05, 4.69) is 24.4 Å². The maximum Gasteiger partial charge on any atom is 0.257 e. The lowest BCUT2D eigenvalue weighted by molar-refractivity contribution is 0.0427. The second-order valence-electron chi connectivity index (χ2n) is 7.81. The van der Waals surface area contributed by atoms with E-state index in [-0.39, 0.29) is 18.2 Å². The predicted molar refractivity (Wildman–Crippen MR) is 114 cm³/mol. The van der Waals surface area contributed by atoms with E-state index in [0.717, 1.165) is 55.0 Å². The van der Waals surface area contributed by atoms with Crippen molar-refractivity contribution in [3.8, 4) is 5.75 Å². The smallest absolute Gasteiger partial charge is 0.257 e. The van der Waals surface area contributed by atoms with E-state index in [4.69, 9.17) is 9.47 Å². The monoisotopic (exact) mass is 394 g/mol. The van der Waals surface area contributed by atoms with Crippen molar-refractivity contribution in [1.82, 2.24) is 4.90 Å². The van der Waals surface area contributed by atoms with Gasteiger partial charge in [-0.15, -0.1) is 0 Å². The van der Waals surface area contributed by atoms with Gasteiger partial charge in [0.05, 0.1) is 18.3 Å². The first-order valence-corrected chi connectivity index (χ1v) is 10.8. The maximum absolute atomic E-state index is 13.3. The molecule has 1 N–H and O–H groups in total. The number of para-hydroxylation sites is 1. The van der Waals surface area contributed by atoms with Crippen LogP contribution in [0.25, 0.3) is 0 Å². The number of anilines is 1. The van der Waals surface area contributed by atoms with Crippen molar-refractivity contribution in [2.24, 2.45) is 0 Å². The zero-order valence-electron chi connectivity index (χ0n) is 17.1. The van der Waals surface area contributed by atoms with Crippen molar-refractivity contribution in [3.05, 3.63) is 59.7 Å². The van der Waals surface area contributed by atoms with Crippen LogP contribution in [0.3, 0.4) is 0 Å². The normalized spacial score (nSPS) is 21.0. The number of carbonyl (C=O) groups excluding carboxylic acids is 1. The molecule has 154 valence electrons. The summed E-state index contributed by atoms with van der Waals surface area (Å²) in [5.74, 6) is 0.929. The highest BCUT2D eigenvalue weighted by Gasteiger charge is 2.35. The van der Waals surface area contributed by atoms with Crippen LogP contribution in [0.15, 0.2) is 48.5 Å². The van der Waals surface area contributed by atoms with E-state index in [1.165, 1.54) is 12.8 Å². The molecule has 2 heterocycles. The Morgan fingerprint density at radius 2 is 1.97 bits per heavy atom. The van der Waals surface area contributed by atoms with Crippen LogP contribution in [0.2, 0.25) is 0 Å². The summed E-state index contributed by atoms with van der Waals surface area (Å²) < 4.78 is 11.7. The molecule has 0 aliphatic carbocycles. The standard InChI is InChI=1S/C24H30N2O3/c1-2-3-6-15-28-19-13-11-18(12-14-19)23-25-22-10-5-4-9-21(22)24(27)26(23)17-20-8-7-16-29-20/h4-5,9-14,20,23,25H,2-3,6-8,15-17H2,1H3. The fourth-order valence-corrected chi connectivity index (χ4v) is 4.04. The number of carbonyl (C=O) groups is 1. The number of rotatable bonds is 8. The fraction of sp³-hybridized carbons (Fsp3) is 0.458. The van der Waals surface area contributed by atoms with Crippen molar-refractivity contribution in [1.29, 1.82) is 0 Å². The molecule has 4 rings (SSSR count). The maximum atomic E-state index is 13.3. The van der Waals surface area contributed by atoms with Gasteiger partial charge in [-0.05, 0) is 49.1 Å². The molecule has 2 unspecified atom stereocenters. The molecule has 1 amide bonds. The highest BCUT2D eigenvalue weighted by atomic mass is 16.5. The Morgan fingerprint density at radius 3 is 2.72 bits per heavy atom. The number of unbranched alkanes of at least 4 members (excludes halogenated alkanes) is 2. The number of hydrogen-bond acceptors (Lipinski definition) is 4. The van der Waals surface area contributed by atoms with Crippen molar-refractivity contribution >= 4 is 11.6 Å². The van der Waals surface area contributed by atoms with E-state index in [1.54, 1.807) is 0 Å². The average molecular weight is 395 g/mol. The van der Waals surface area contributed by atoms with E-state index in [1.807, 2.05) is 41.3 Å². The van der Waals surface area contributed by atoms with Crippen LogP contribution in [0.5, 0.6) is 5.75 Å². The predicted octanol–water partition coefficient (Wildman–Crippen LogP) is 5.00. The Hall–Kier alpha value is -2.53. The first-order valence-electron chi connectivity index (χ1n) is 10.8. The minimum Gasteiger partial charge on any atom is -0.494 e. The third-order valence-electron chi connectivity index (χ3n) is 5.66. The molecule has 5 heteroatoms. The number of ether oxygens (including phenoxy) is 2. The van der Waals surface area contributed by atoms with Gasteiger partial charge in [0.15, 0.2) is 0 Å². The van der Waals surface area contributed by atoms with Crippen molar-refractivity contribution in [2.45, 2.75) is 51.3 Å². The summed E-state index contributed by atoms with van der Waals surface area (Å²) in [4.78, 5) is 15.2. The average Bonchev–Trinajstić information content (AvgIpc) is 3.27. The number of nitrogens with one attached hydrogen (secondary N) is 1. The molecule has 0 spiro atoms. The van der Waals surface area contributed by atoms with Crippen LogP contribution in [0.1, 0.15) is 61.1 Å². The molecule has 29 heavy (non-hydrogen) atoms. The molecule has 1 fully saturated rings. The van der Waals surface area contributed by atoms with Gasteiger partial charge in [-0.1, -0.05) is 44.0 Å². The summed E-state index contributed by atoms with van der Waals surface area (Å²) in [6.45, 7) is 4.31. The highest BCUT2D eigenvalue weighted by molar-refractivity contribution is 6.01. The Bertz CT molecular complexity index is 815. The van der Waals surface area contributed by atoms with Crippen LogP contribution in [0.4, 0.5) is 5.69 Å². The van der Waals surface area contributed by atoms with Gasteiger partial charge in [0, 0.05) is 18.8 Å². The summed E-state index contributed by atoms with van der Waals surface area (Å²) in [7, 11) is 0. The third-order valence-corrected chi connectivity index (χ3v) is 5.66. The number of nitrogens with zero attached hydrogens (tertiary/aromatic N) is 1. The fourth-order valence-electron chi connectivity index (χ4n) is 4.04. The number of amides is 1. The minimum absolute atomic E-state index is 0.0553. The van der Waals surface area contributed by atoms with Crippen molar-refractivity contribution in [3.63, 3.8) is 0 Å². The topological polar surface area (TPSA) is 50.8 Å². The quantitative estimate of drug-likeness (QED) is 0.640. The molecule has 0 aromatic heterocycles. The van der Waals surface area contributed by atoms with Crippen LogP contribution in [-0.4, -0.2) is 36.7 Å². The summed E-state index contributed by atoms with van der Waals surface area (Å²) in [6.07, 6.45) is 5.40. The summed E-state index contributed by atoms with van der Waals surface area (Å²) in [5, 5.41) is 3.56. The zero-order chi connectivity index (χ0) is 20.1. The Labute approximate surface area is 173 Å². The lowest BCUT2D eigenvalue weighted by atomic mass is 10.0. The largest absolute Gasteiger partial charge is 0.494 e. The van der Waals surface area contributed by atoms with Gasteiger partial charge in [-0.25, -0.2) is 0 Å². The number of fused-ring (bicyclic) bond motifs is 1. The molecule has 2 aromatic rings. The molecular weight excluding hydrogens is 364 g/mol. The van der Waals surface area contributed by atoms with Gasteiger partial charge in [-0.2, -0.15) is 0 Å². The molecule has 2 aliphatic heterocycles. The zero-order valence-corrected chi connectivity index (χ0v) is 17.1. The van der Waals surface area contributed by atoms with Crippen molar-refractivity contribution < 1.29 is 14.3 Å². The van der Waals surface area contributed by atoms with Gasteiger partial charge in [0.1, 0.15) is 11.9 Å². The van der Waals surface area contributed by atoms with Gasteiger partial charge in [0.25, 0.3) is 5.91 Å². The SMILES string of the molecule is CCCCCOc1ccc(C2Nc3ccccc3C(=O)N2CC2CCCO2)cc1. The first kappa shape index (κ1) is 19.8. The van der Waals surface area contributed by atoms with E-state index in [0.29, 0.717) is 6.54 Å². The minimum atomic E-state index is -0.212. The summed E-state index contributed by atoms with van der Waals surface area (Å²) >= 11 is 0. The molecule has 5 nitrogen and oxygen atoms in total. The van der Waals surface area contributed by atoms with E-state index in [9.17, 15) is 4.79 Å². The number of hydrogen-bond donors (Lipinski definition) is 1. The Kier molecular flexibility index (Phi) is 6.35. The Balaban J connectivity index is 1.53. The summed E-state index contributed by atoms with van der Waals surface area (Å²) in [5.41, 5.74) is 2.65. The van der Waals surface area contributed by atoms with Crippen LogP contribution in [-0.2, 0) is 4.74 Å². The second-order valence-corrected chi connectivity index (χ2v) is 7.81.